The molecule has 9 heteroatoms. The molecule has 32 heavy (non-hydrogen) atoms. The monoisotopic (exact) mass is 445 g/mol. The molecule has 0 spiro atoms. The summed E-state index contributed by atoms with van der Waals surface area (Å²) < 4.78 is 32.4. The first-order valence-corrected chi connectivity index (χ1v) is 11.0. The molecule has 172 valence electrons. The molecule has 1 aromatic carbocycles. The second-order valence-corrected chi connectivity index (χ2v) is 8.68. The first-order valence-electron chi connectivity index (χ1n) is 11.0. The molecule has 4 rings (SSSR count). The number of halogens is 2. The lowest BCUT2D eigenvalue weighted by molar-refractivity contribution is -0.137. The summed E-state index contributed by atoms with van der Waals surface area (Å²) in [5.74, 6) is -0.378. The highest BCUT2D eigenvalue weighted by Gasteiger charge is 2.32. The van der Waals surface area contributed by atoms with Crippen molar-refractivity contribution in [2.24, 2.45) is 0 Å². The number of carbonyl (C=O) groups excluding carboxylic acids is 1. The second kappa shape index (κ2) is 9.36. The summed E-state index contributed by atoms with van der Waals surface area (Å²) in [6.07, 6.45) is 3.46. The van der Waals surface area contributed by atoms with Gasteiger partial charge in [-0.1, -0.05) is 0 Å². The lowest BCUT2D eigenvalue weighted by atomic mass is 10.00. The molecule has 1 saturated heterocycles. The third-order valence-electron chi connectivity index (χ3n) is 6.04. The molecule has 0 radical (unpaired) electrons. The lowest BCUT2D eigenvalue weighted by Gasteiger charge is -2.36. The van der Waals surface area contributed by atoms with Crippen LogP contribution in [-0.4, -0.2) is 66.5 Å². The van der Waals surface area contributed by atoms with Crippen molar-refractivity contribution in [3.05, 3.63) is 46.9 Å². The summed E-state index contributed by atoms with van der Waals surface area (Å²) in [7, 11) is 6.02. The number of likely N-dealkylation sites (N-methyl/N-ethyl adjacent to an activating group) is 1. The zero-order valence-corrected chi connectivity index (χ0v) is 18.8. The maximum absolute atomic E-state index is 13.9. The average molecular weight is 446 g/mol. The Morgan fingerprint density at radius 3 is 2.78 bits per heavy atom. The summed E-state index contributed by atoms with van der Waals surface area (Å²) in [5.41, 5.74) is 2.18. The van der Waals surface area contributed by atoms with Gasteiger partial charge in [0.25, 0.3) is 5.91 Å². The van der Waals surface area contributed by atoms with E-state index in [0.29, 0.717) is 12.4 Å². The van der Waals surface area contributed by atoms with Gasteiger partial charge in [0.05, 0.1) is 11.7 Å². The quantitative estimate of drug-likeness (QED) is 0.705. The summed E-state index contributed by atoms with van der Waals surface area (Å²) in [5, 5.41) is 0. The average Bonchev–Trinajstić information content (AvgIpc) is 2.77. The van der Waals surface area contributed by atoms with Crippen molar-refractivity contribution < 1.29 is 18.3 Å². The predicted molar refractivity (Wildman–Crippen MR) is 117 cm³/mol. The number of benzene rings is 1. The zero-order valence-electron chi connectivity index (χ0n) is 18.8. The van der Waals surface area contributed by atoms with Gasteiger partial charge in [0.2, 0.25) is 0 Å². The predicted octanol–water partition coefficient (Wildman–Crippen LogP) is 2.94. The number of carbonyl (C=O) groups is 1. The number of nitrogens with zero attached hydrogens (tertiary/aromatic N) is 5. The van der Waals surface area contributed by atoms with Gasteiger partial charge in [-0.2, -0.15) is 0 Å². The molecule has 1 amide bonds. The molecule has 0 unspecified atom stereocenters. The van der Waals surface area contributed by atoms with Crippen LogP contribution in [0.25, 0.3) is 0 Å². The second-order valence-electron chi connectivity index (χ2n) is 8.68. The molecule has 2 aliphatic rings. The van der Waals surface area contributed by atoms with Crippen molar-refractivity contribution >= 4 is 11.7 Å². The van der Waals surface area contributed by atoms with Gasteiger partial charge < -0.3 is 19.4 Å². The molecule has 1 atom stereocenters. The summed E-state index contributed by atoms with van der Waals surface area (Å²) in [6, 6.07) is 2.79. The summed E-state index contributed by atoms with van der Waals surface area (Å²) in [6.45, 7) is 1.97. The highest BCUT2D eigenvalue weighted by Crippen LogP contribution is 2.33. The van der Waals surface area contributed by atoms with Crippen molar-refractivity contribution in [3.63, 3.8) is 0 Å². The first-order chi connectivity index (χ1) is 15.3. The number of hydrogen-bond donors (Lipinski definition) is 0. The first kappa shape index (κ1) is 22.4. The SMILES string of the molecule is CN1CCc2nc([C@H]3CCCCN3C(=O)COc3ccc(F)cc3F)nc(N(C)C)c2C1. The van der Waals surface area contributed by atoms with E-state index in [1.807, 2.05) is 19.0 Å². The fourth-order valence-electron chi connectivity index (χ4n) is 4.38. The third-order valence-corrected chi connectivity index (χ3v) is 6.04. The fourth-order valence-corrected chi connectivity index (χ4v) is 4.38. The lowest BCUT2D eigenvalue weighted by Crippen LogP contribution is -2.42. The minimum Gasteiger partial charge on any atom is -0.481 e. The van der Waals surface area contributed by atoms with Gasteiger partial charge in [-0.05, 0) is 38.4 Å². The summed E-state index contributed by atoms with van der Waals surface area (Å²) in [4.78, 5) is 28.8. The van der Waals surface area contributed by atoms with E-state index in [0.717, 1.165) is 68.0 Å². The van der Waals surface area contributed by atoms with Crippen LogP contribution in [0.4, 0.5) is 14.6 Å². The molecule has 3 heterocycles. The van der Waals surface area contributed by atoms with E-state index >= 15 is 0 Å². The van der Waals surface area contributed by atoms with E-state index in [1.54, 1.807) is 4.90 Å². The number of ether oxygens (including phenoxy) is 1. The van der Waals surface area contributed by atoms with Crippen molar-refractivity contribution in [1.29, 1.82) is 0 Å². The maximum atomic E-state index is 13.9. The van der Waals surface area contributed by atoms with Crippen molar-refractivity contribution in [2.45, 2.75) is 38.3 Å². The minimum atomic E-state index is -0.827. The van der Waals surface area contributed by atoms with Crippen LogP contribution < -0.4 is 9.64 Å². The number of rotatable bonds is 5. The Balaban J connectivity index is 1.56. The molecule has 2 aromatic rings. The van der Waals surface area contributed by atoms with E-state index < -0.39 is 11.6 Å². The largest absolute Gasteiger partial charge is 0.481 e. The third kappa shape index (κ3) is 4.67. The molecular formula is C23H29F2N5O2. The van der Waals surface area contributed by atoms with Crippen molar-refractivity contribution in [3.8, 4) is 5.75 Å². The van der Waals surface area contributed by atoms with Crippen LogP contribution in [0.2, 0.25) is 0 Å². The van der Waals surface area contributed by atoms with E-state index in [4.69, 9.17) is 14.7 Å². The fraction of sp³-hybridized carbons (Fsp3) is 0.522. The molecule has 0 N–H and O–H groups in total. The Hall–Kier alpha value is -2.81. The van der Waals surface area contributed by atoms with Crippen LogP contribution in [0.3, 0.4) is 0 Å². The molecule has 7 nitrogen and oxygen atoms in total. The van der Waals surface area contributed by atoms with E-state index in [-0.39, 0.29) is 24.3 Å². The van der Waals surface area contributed by atoms with Gasteiger partial charge in [-0.3, -0.25) is 4.79 Å². The standard InChI is InChI=1S/C23H29F2N5O2/c1-28(2)23-16-13-29(3)11-9-18(16)26-22(27-23)19-6-4-5-10-30(19)21(31)14-32-20-8-7-15(24)12-17(20)25/h7-8,12,19H,4-6,9-11,13-14H2,1-3H3/t19-/m1/s1. The van der Waals surface area contributed by atoms with Gasteiger partial charge in [0.15, 0.2) is 24.0 Å². The summed E-state index contributed by atoms with van der Waals surface area (Å²) >= 11 is 0. The molecular weight excluding hydrogens is 416 g/mol. The molecule has 1 aromatic heterocycles. The van der Waals surface area contributed by atoms with Gasteiger partial charge in [-0.15, -0.1) is 0 Å². The molecule has 0 aliphatic carbocycles. The minimum absolute atomic E-state index is 0.141. The Kier molecular flexibility index (Phi) is 6.55. The zero-order chi connectivity index (χ0) is 22.8. The van der Waals surface area contributed by atoms with Gasteiger partial charge >= 0.3 is 0 Å². The molecule has 1 fully saturated rings. The van der Waals surface area contributed by atoms with Crippen LogP contribution >= 0.6 is 0 Å². The number of amides is 1. The highest BCUT2D eigenvalue weighted by molar-refractivity contribution is 5.78. The Bertz CT molecular complexity index is 1000. The number of piperidine rings is 1. The number of fused-ring (bicyclic) bond motifs is 1. The number of hydrogen-bond acceptors (Lipinski definition) is 6. The normalized spacial score (nSPS) is 18.9. The van der Waals surface area contributed by atoms with Crippen molar-refractivity contribution in [2.75, 3.05) is 45.7 Å². The topological polar surface area (TPSA) is 61.8 Å². The van der Waals surface area contributed by atoms with E-state index in [1.165, 1.54) is 6.07 Å². The molecule has 2 aliphatic heterocycles. The Morgan fingerprint density at radius 2 is 2.03 bits per heavy atom. The highest BCUT2D eigenvalue weighted by atomic mass is 19.1. The van der Waals surface area contributed by atoms with Gasteiger partial charge in [0.1, 0.15) is 11.6 Å². The van der Waals surface area contributed by atoms with Crippen LogP contribution in [-0.2, 0) is 17.8 Å². The van der Waals surface area contributed by atoms with Crippen molar-refractivity contribution in [1.82, 2.24) is 19.8 Å². The van der Waals surface area contributed by atoms with Gasteiger partial charge in [0, 0.05) is 51.8 Å². The van der Waals surface area contributed by atoms with Crippen LogP contribution in [0.1, 0.15) is 42.4 Å². The van der Waals surface area contributed by atoms with Crippen LogP contribution in [0.15, 0.2) is 18.2 Å². The molecule has 0 saturated carbocycles. The number of anilines is 1. The van der Waals surface area contributed by atoms with Crippen LogP contribution in [0.5, 0.6) is 5.75 Å². The Labute approximate surface area is 187 Å². The maximum Gasteiger partial charge on any atom is 0.261 e. The van der Waals surface area contributed by atoms with E-state index in [9.17, 15) is 13.6 Å². The smallest absolute Gasteiger partial charge is 0.261 e. The molecule has 0 bridgehead atoms. The number of likely N-dealkylation sites (tertiary alicyclic amines) is 1. The van der Waals surface area contributed by atoms with E-state index in [2.05, 4.69) is 11.9 Å². The number of aromatic nitrogens is 2. The van der Waals surface area contributed by atoms with Gasteiger partial charge in [-0.25, -0.2) is 18.7 Å². The Morgan fingerprint density at radius 1 is 1.22 bits per heavy atom. The van der Waals surface area contributed by atoms with Crippen LogP contribution in [0, 0.1) is 11.6 Å².